The van der Waals surface area contributed by atoms with Crippen molar-refractivity contribution >= 4 is 38.4 Å². The highest BCUT2D eigenvalue weighted by molar-refractivity contribution is 8.14. The lowest BCUT2D eigenvalue weighted by atomic mass is 10.1. The van der Waals surface area contributed by atoms with Crippen LogP contribution in [-0.4, -0.2) is 43.9 Å². The van der Waals surface area contributed by atoms with E-state index in [1.54, 1.807) is 11.8 Å². The molecule has 1 fully saturated rings. The molecule has 0 unspecified atom stereocenters. The Morgan fingerprint density at radius 3 is 2.52 bits per heavy atom. The number of thioether (sulfide) groups is 1. The van der Waals surface area contributed by atoms with E-state index in [0.717, 1.165) is 22.2 Å². The molecule has 1 heterocycles. The number of aliphatic imine (C=N–C) groups is 1. The fraction of sp³-hybridized carbons (Fsp3) is 0.467. The highest BCUT2D eigenvalue weighted by Crippen LogP contribution is 2.26. The Labute approximate surface area is 141 Å². The highest BCUT2D eigenvalue weighted by Gasteiger charge is 2.23. The number of nitrogens with zero attached hydrogens (tertiary/aromatic N) is 3. The van der Waals surface area contributed by atoms with Crippen LogP contribution in [0.25, 0.3) is 0 Å². The molecule has 0 saturated heterocycles. The minimum atomic E-state index is -3.25. The van der Waals surface area contributed by atoms with Gasteiger partial charge in [-0.3, -0.25) is 14.7 Å². The first-order valence-electron chi connectivity index (χ1n) is 7.58. The molecule has 1 N–H and O–H groups in total. The molecule has 0 bridgehead atoms. The monoisotopic (exact) mass is 352 g/mol. The number of hydrogen-bond donors (Lipinski definition) is 1. The number of hydrogen-bond acceptors (Lipinski definition) is 5. The van der Waals surface area contributed by atoms with Crippen molar-refractivity contribution in [3.8, 4) is 0 Å². The lowest BCUT2D eigenvalue weighted by Crippen LogP contribution is -2.29. The van der Waals surface area contributed by atoms with Crippen LogP contribution >= 0.6 is 11.8 Å². The van der Waals surface area contributed by atoms with Crippen LogP contribution < -0.4 is 9.73 Å². The van der Waals surface area contributed by atoms with Crippen molar-refractivity contribution in [2.24, 2.45) is 10.1 Å². The van der Waals surface area contributed by atoms with Crippen LogP contribution in [0.5, 0.6) is 0 Å². The standard InChI is InChI=1S/C15H20N4O2S2/c1-3-19(23(2,20)21)13-8-4-11(5-9-13)14-10-22-15(18-17-14)16-12-6-7-12/h4-5,8-9,12H,3,6-7,10H2,1-2H3,(H,16,18). The van der Waals surface area contributed by atoms with Crippen molar-refractivity contribution in [2.75, 3.05) is 22.9 Å². The Morgan fingerprint density at radius 1 is 1.35 bits per heavy atom. The maximum atomic E-state index is 11.8. The Balaban J connectivity index is 1.73. The van der Waals surface area contributed by atoms with Crippen molar-refractivity contribution < 1.29 is 8.42 Å². The largest absolute Gasteiger partial charge is 0.271 e. The fourth-order valence-electron chi connectivity index (χ4n) is 2.33. The van der Waals surface area contributed by atoms with Gasteiger partial charge in [0.1, 0.15) is 0 Å². The number of sulfonamides is 1. The minimum Gasteiger partial charge on any atom is -0.271 e. The topological polar surface area (TPSA) is 74.1 Å². The Kier molecular flexibility index (Phi) is 4.63. The van der Waals surface area contributed by atoms with Gasteiger partial charge >= 0.3 is 0 Å². The number of hydrazone groups is 1. The molecule has 0 aromatic heterocycles. The van der Waals surface area contributed by atoms with Gasteiger partial charge in [-0.25, -0.2) is 8.42 Å². The molecule has 1 aliphatic carbocycles. The van der Waals surface area contributed by atoms with Gasteiger partial charge in [-0.1, -0.05) is 23.9 Å². The van der Waals surface area contributed by atoms with Gasteiger partial charge in [0.15, 0.2) is 5.17 Å². The van der Waals surface area contributed by atoms with Gasteiger partial charge in [-0.05, 0) is 37.5 Å². The Morgan fingerprint density at radius 2 is 2.04 bits per heavy atom. The first kappa shape index (κ1) is 16.3. The van der Waals surface area contributed by atoms with E-state index in [0.29, 0.717) is 18.3 Å². The fourth-order valence-corrected chi connectivity index (χ4v) is 4.14. The number of amidine groups is 1. The van der Waals surface area contributed by atoms with Gasteiger partial charge in [0.25, 0.3) is 0 Å². The predicted molar refractivity (Wildman–Crippen MR) is 96.9 cm³/mol. The molecule has 2 aliphatic rings. The van der Waals surface area contributed by atoms with Gasteiger partial charge in [0, 0.05) is 12.3 Å². The van der Waals surface area contributed by atoms with E-state index in [1.165, 1.54) is 23.4 Å². The summed E-state index contributed by atoms with van der Waals surface area (Å²) in [4.78, 5) is 4.54. The van der Waals surface area contributed by atoms with Gasteiger partial charge < -0.3 is 0 Å². The molecule has 6 nitrogen and oxygen atoms in total. The van der Waals surface area contributed by atoms with Crippen molar-refractivity contribution in [2.45, 2.75) is 25.8 Å². The molecular formula is C15H20N4O2S2. The molecule has 8 heteroatoms. The molecule has 0 spiro atoms. The third-order valence-electron chi connectivity index (χ3n) is 3.65. The number of anilines is 1. The van der Waals surface area contributed by atoms with Gasteiger partial charge in [-0.15, -0.1) is 0 Å². The van der Waals surface area contributed by atoms with Crippen LogP contribution in [-0.2, 0) is 10.0 Å². The van der Waals surface area contributed by atoms with Crippen LogP contribution in [0.2, 0.25) is 0 Å². The van der Waals surface area contributed by atoms with E-state index in [4.69, 9.17) is 0 Å². The molecule has 0 atom stereocenters. The molecule has 1 aliphatic heterocycles. The molecule has 0 amide bonds. The van der Waals surface area contributed by atoms with Crippen LogP contribution in [0.4, 0.5) is 5.69 Å². The molecule has 124 valence electrons. The maximum absolute atomic E-state index is 11.8. The van der Waals surface area contributed by atoms with Crippen molar-refractivity contribution in [3.05, 3.63) is 29.8 Å². The smallest absolute Gasteiger partial charge is 0.232 e. The van der Waals surface area contributed by atoms with Crippen LogP contribution in [0.15, 0.2) is 34.4 Å². The Hall–Kier alpha value is -1.54. The van der Waals surface area contributed by atoms with E-state index < -0.39 is 10.0 Å². The van der Waals surface area contributed by atoms with E-state index in [9.17, 15) is 8.42 Å². The summed E-state index contributed by atoms with van der Waals surface area (Å²) in [7, 11) is -3.25. The summed E-state index contributed by atoms with van der Waals surface area (Å²) >= 11 is 1.66. The average molecular weight is 352 g/mol. The summed E-state index contributed by atoms with van der Waals surface area (Å²) in [5, 5.41) is 5.28. The van der Waals surface area contributed by atoms with Crippen molar-refractivity contribution in [1.29, 1.82) is 0 Å². The van der Waals surface area contributed by atoms with Crippen LogP contribution in [0.1, 0.15) is 25.3 Å². The zero-order valence-electron chi connectivity index (χ0n) is 13.2. The number of rotatable bonds is 5. The van der Waals surface area contributed by atoms with E-state index in [2.05, 4.69) is 15.5 Å². The number of benzene rings is 1. The summed E-state index contributed by atoms with van der Waals surface area (Å²) in [5.74, 6) is 0.765. The van der Waals surface area contributed by atoms with E-state index >= 15 is 0 Å². The summed E-state index contributed by atoms with van der Waals surface area (Å²) in [5.41, 5.74) is 5.61. The third-order valence-corrected chi connectivity index (χ3v) is 5.81. The second kappa shape index (κ2) is 6.52. The second-order valence-electron chi connectivity index (χ2n) is 5.60. The second-order valence-corrected chi connectivity index (χ2v) is 8.47. The molecule has 23 heavy (non-hydrogen) atoms. The quantitative estimate of drug-likeness (QED) is 0.880. The lowest BCUT2D eigenvalue weighted by Gasteiger charge is -2.21. The summed E-state index contributed by atoms with van der Waals surface area (Å²) in [6, 6.07) is 7.94. The van der Waals surface area contributed by atoms with E-state index in [1.807, 2.05) is 31.2 Å². The molecule has 3 rings (SSSR count). The SMILES string of the molecule is CCN(c1ccc(C2=NNC(=NC3CC3)SC2)cc1)S(C)(=O)=O. The first-order chi connectivity index (χ1) is 11.0. The molecule has 0 radical (unpaired) electrons. The van der Waals surface area contributed by atoms with Crippen LogP contribution in [0, 0.1) is 0 Å². The maximum Gasteiger partial charge on any atom is 0.232 e. The molecule has 1 aromatic rings. The van der Waals surface area contributed by atoms with Crippen molar-refractivity contribution in [1.82, 2.24) is 5.43 Å². The van der Waals surface area contributed by atoms with Gasteiger partial charge in [0.05, 0.1) is 23.7 Å². The molecular weight excluding hydrogens is 332 g/mol. The Bertz CT molecular complexity index is 737. The van der Waals surface area contributed by atoms with Crippen LogP contribution in [0.3, 0.4) is 0 Å². The first-order valence-corrected chi connectivity index (χ1v) is 10.4. The highest BCUT2D eigenvalue weighted by atomic mass is 32.2. The molecule has 1 aromatic carbocycles. The van der Waals surface area contributed by atoms with Gasteiger partial charge in [0.2, 0.25) is 10.0 Å². The summed E-state index contributed by atoms with van der Waals surface area (Å²) < 4.78 is 24.9. The average Bonchev–Trinajstić information content (AvgIpc) is 3.32. The zero-order valence-corrected chi connectivity index (χ0v) is 14.8. The lowest BCUT2D eigenvalue weighted by molar-refractivity contribution is 0.598. The summed E-state index contributed by atoms with van der Waals surface area (Å²) in [6.07, 6.45) is 3.58. The zero-order chi connectivity index (χ0) is 16.4. The van der Waals surface area contributed by atoms with Crippen molar-refractivity contribution in [3.63, 3.8) is 0 Å². The van der Waals surface area contributed by atoms with Gasteiger partial charge in [-0.2, -0.15) is 5.10 Å². The summed E-state index contributed by atoms with van der Waals surface area (Å²) in [6.45, 7) is 2.24. The molecule has 1 saturated carbocycles. The van der Waals surface area contributed by atoms with E-state index in [-0.39, 0.29) is 0 Å². The third kappa shape index (κ3) is 4.06. The minimum absolute atomic E-state index is 0.414. The predicted octanol–water partition coefficient (Wildman–Crippen LogP) is 2.03. The normalized spacial score (nSPS) is 20.1. The number of nitrogens with one attached hydrogen (secondary N) is 1.